The van der Waals surface area contributed by atoms with E-state index >= 15 is 0 Å². The molecule has 1 aliphatic rings. The number of aliphatic hydroxyl groups is 1. The Morgan fingerprint density at radius 1 is 1.28 bits per heavy atom. The molecular formula is C25H25N5O2. The first-order valence-corrected chi connectivity index (χ1v) is 10.9. The summed E-state index contributed by atoms with van der Waals surface area (Å²) in [5.74, 6) is 1.17. The van der Waals surface area contributed by atoms with Crippen molar-refractivity contribution in [2.45, 2.75) is 31.6 Å². The minimum Gasteiger partial charge on any atom is -0.396 e. The van der Waals surface area contributed by atoms with Gasteiger partial charge in [-0.25, -0.2) is 9.97 Å². The SMILES string of the molecule is C=CC(=O)Nc1cccc(-c2c[nH]c3nccc(-c4nc(CCCO)[nH]c4C4CC4)c23)c1. The number of carbonyl (C=O) groups excluding carboxylic acids is 1. The van der Waals surface area contributed by atoms with Crippen molar-refractivity contribution < 1.29 is 9.90 Å². The van der Waals surface area contributed by atoms with E-state index < -0.39 is 0 Å². The van der Waals surface area contributed by atoms with Gasteiger partial charge in [-0.2, -0.15) is 0 Å². The standard InChI is InChI=1S/C25H25N5O2/c1-2-21(32)28-17-6-3-5-16(13-17)19-14-27-25-22(19)18(10-11-26-25)24-23(15-8-9-15)29-20(30-24)7-4-12-31/h2-3,5-6,10-11,13-15,31H,1,4,7-9,12H2,(H,26,27)(H,28,32)(H,29,30). The topological polar surface area (TPSA) is 107 Å². The van der Waals surface area contributed by atoms with Crippen molar-refractivity contribution in [2.24, 2.45) is 0 Å². The molecule has 0 spiro atoms. The molecule has 5 rings (SSSR count). The normalized spacial score (nSPS) is 13.4. The number of benzene rings is 1. The number of aliphatic hydroxyl groups excluding tert-OH is 1. The molecule has 0 radical (unpaired) electrons. The number of hydrogen-bond acceptors (Lipinski definition) is 4. The molecule has 1 aromatic carbocycles. The maximum atomic E-state index is 11.7. The third-order valence-corrected chi connectivity index (χ3v) is 5.79. The zero-order chi connectivity index (χ0) is 22.1. The Kier molecular flexibility index (Phi) is 5.33. The number of hydrogen-bond donors (Lipinski definition) is 4. The van der Waals surface area contributed by atoms with E-state index in [0.29, 0.717) is 18.0 Å². The first-order chi connectivity index (χ1) is 15.7. The predicted molar refractivity (Wildman–Crippen MR) is 125 cm³/mol. The van der Waals surface area contributed by atoms with Gasteiger partial charge in [-0.05, 0) is 49.1 Å². The average Bonchev–Trinajstić information content (AvgIpc) is 3.42. The first-order valence-electron chi connectivity index (χ1n) is 10.9. The number of anilines is 1. The second-order valence-corrected chi connectivity index (χ2v) is 8.11. The van der Waals surface area contributed by atoms with Gasteiger partial charge in [0.1, 0.15) is 11.5 Å². The Balaban J connectivity index is 1.63. The first kappa shape index (κ1) is 20.2. The summed E-state index contributed by atoms with van der Waals surface area (Å²) in [5, 5.41) is 13.0. The van der Waals surface area contributed by atoms with E-state index in [1.165, 1.54) is 11.8 Å². The van der Waals surface area contributed by atoms with Crippen molar-refractivity contribution in [3.8, 4) is 22.4 Å². The number of rotatable bonds is 8. The predicted octanol–water partition coefficient (Wildman–Crippen LogP) is 4.55. The van der Waals surface area contributed by atoms with Crippen LogP contribution in [0.4, 0.5) is 5.69 Å². The third-order valence-electron chi connectivity index (χ3n) is 5.79. The third kappa shape index (κ3) is 3.83. The molecule has 162 valence electrons. The minimum absolute atomic E-state index is 0.148. The fraction of sp³-hybridized carbons (Fsp3) is 0.240. The number of aryl methyl sites for hydroxylation is 1. The number of carbonyl (C=O) groups is 1. The number of imidazole rings is 1. The van der Waals surface area contributed by atoms with Gasteiger partial charge in [-0.1, -0.05) is 18.7 Å². The lowest BCUT2D eigenvalue weighted by Gasteiger charge is -2.08. The van der Waals surface area contributed by atoms with Crippen LogP contribution in [-0.4, -0.2) is 37.6 Å². The van der Waals surface area contributed by atoms with E-state index in [1.807, 2.05) is 36.5 Å². The summed E-state index contributed by atoms with van der Waals surface area (Å²) in [5.41, 5.74) is 6.63. The Morgan fingerprint density at radius 3 is 2.94 bits per heavy atom. The zero-order valence-corrected chi connectivity index (χ0v) is 17.7. The van der Waals surface area contributed by atoms with Gasteiger partial charge in [-0.3, -0.25) is 4.79 Å². The van der Waals surface area contributed by atoms with E-state index in [9.17, 15) is 9.90 Å². The average molecular weight is 428 g/mol. The Bertz CT molecular complexity index is 1300. The molecule has 3 heterocycles. The maximum Gasteiger partial charge on any atom is 0.247 e. The highest BCUT2D eigenvalue weighted by Gasteiger charge is 2.30. The summed E-state index contributed by atoms with van der Waals surface area (Å²) < 4.78 is 0. The molecule has 1 saturated carbocycles. The van der Waals surface area contributed by atoms with Crippen molar-refractivity contribution in [1.82, 2.24) is 19.9 Å². The molecule has 4 N–H and O–H groups in total. The van der Waals surface area contributed by atoms with Crippen LogP contribution in [0.3, 0.4) is 0 Å². The van der Waals surface area contributed by atoms with E-state index in [0.717, 1.165) is 58.5 Å². The molecule has 3 aromatic heterocycles. The highest BCUT2D eigenvalue weighted by atomic mass is 16.2. The quantitative estimate of drug-likeness (QED) is 0.310. The van der Waals surface area contributed by atoms with Gasteiger partial charge in [0.15, 0.2) is 0 Å². The molecule has 7 nitrogen and oxygen atoms in total. The second-order valence-electron chi connectivity index (χ2n) is 8.11. The number of nitrogens with one attached hydrogen (secondary N) is 3. The molecule has 1 aliphatic carbocycles. The maximum absolute atomic E-state index is 11.7. The molecule has 0 unspecified atom stereocenters. The summed E-state index contributed by atoms with van der Waals surface area (Å²) in [4.78, 5) is 28.0. The number of aromatic nitrogens is 4. The number of amides is 1. The smallest absolute Gasteiger partial charge is 0.247 e. The highest BCUT2D eigenvalue weighted by molar-refractivity contribution is 6.05. The molecule has 0 saturated heterocycles. The van der Waals surface area contributed by atoms with Crippen LogP contribution in [0.15, 0.2) is 55.4 Å². The van der Waals surface area contributed by atoms with Crippen LogP contribution in [0.25, 0.3) is 33.4 Å². The van der Waals surface area contributed by atoms with Gasteiger partial charge in [0.05, 0.1) is 5.69 Å². The van der Waals surface area contributed by atoms with Gasteiger partial charge in [0.2, 0.25) is 5.91 Å². The lowest BCUT2D eigenvalue weighted by molar-refractivity contribution is -0.111. The van der Waals surface area contributed by atoms with Gasteiger partial charge >= 0.3 is 0 Å². The van der Waals surface area contributed by atoms with Crippen LogP contribution < -0.4 is 5.32 Å². The van der Waals surface area contributed by atoms with Crippen LogP contribution in [-0.2, 0) is 11.2 Å². The van der Waals surface area contributed by atoms with Crippen LogP contribution in [0.1, 0.15) is 36.7 Å². The van der Waals surface area contributed by atoms with E-state index in [2.05, 4.69) is 26.8 Å². The lowest BCUT2D eigenvalue weighted by Crippen LogP contribution is -2.06. The van der Waals surface area contributed by atoms with Crippen molar-refractivity contribution in [2.75, 3.05) is 11.9 Å². The zero-order valence-electron chi connectivity index (χ0n) is 17.7. The highest BCUT2D eigenvalue weighted by Crippen LogP contribution is 2.45. The largest absolute Gasteiger partial charge is 0.396 e. The van der Waals surface area contributed by atoms with Crippen LogP contribution in [0.5, 0.6) is 0 Å². The summed E-state index contributed by atoms with van der Waals surface area (Å²) in [6.07, 6.45) is 8.73. The van der Waals surface area contributed by atoms with Gasteiger partial charge in [-0.15, -0.1) is 0 Å². The molecular weight excluding hydrogens is 402 g/mol. The van der Waals surface area contributed by atoms with Gasteiger partial charge < -0.3 is 20.4 Å². The van der Waals surface area contributed by atoms with E-state index in [4.69, 9.17) is 4.98 Å². The number of fused-ring (bicyclic) bond motifs is 1. The minimum atomic E-state index is -0.246. The number of aromatic amines is 2. The van der Waals surface area contributed by atoms with Crippen LogP contribution in [0.2, 0.25) is 0 Å². The Hall–Kier alpha value is -3.71. The van der Waals surface area contributed by atoms with Gasteiger partial charge in [0.25, 0.3) is 0 Å². The monoisotopic (exact) mass is 427 g/mol. The van der Waals surface area contributed by atoms with Crippen molar-refractivity contribution in [3.63, 3.8) is 0 Å². The summed E-state index contributed by atoms with van der Waals surface area (Å²) in [6.45, 7) is 3.66. The molecule has 1 amide bonds. The van der Waals surface area contributed by atoms with E-state index in [-0.39, 0.29) is 12.5 Å². The molecule has 7 heteroatoms. The molecule has 1 fully saturated rings. The van der Waals surface area contributed by atoms with E-state index in [1.54, 1.807) is 6.20 Å². The molecule has 0 aliphatic heterocycles. The van der Waals surface area contributed by atoms with Crippen molar-refractivity contribution >= 4 is 22.6 Å². The molecule has 32 heavy (non-hydrogen) atoms. The second kappa shape index (κ2) is 8.43. The number of H-pyrrole nitrogens is 2. The fourth-order valence-electron chi connectivity index (χ4n) is 4.11. The lowest BCUT2D eigenvalue weighted by atomic mass is 9.99. The molecule has 4 aromatic rings. The Morgan fingerprint density at radius 2 is 2.16 bits per heavy atom. The summed E-state index contributed by atoms with van der Waals surface area (Å²) >= 11 is 0. The Labute approximate surface area is 185 Å². The van der Waals surface area contributed by atoms with Crippen molar-refractivity contribution in [3.05, 3.63) is 66.9 Å². The fourth-order valence-corrected chi connectivity index (χ4v) is 4.11. The van der Waals surface area contributed by atoms with Crippen molar-refractivity contribution in [1.29, 1.82) is 0 Å². The van der Waals surface area contributed by atoms with Crippen LogP contribution in [0, 0.1) is 0 Å². The molecule has 0 atom stereocenters. The summed E-state index contributed by atoms with van der Waals surface area (Å²) in [7, 11) is 0. The summed E-state index contributed by atoms with van der Waals surface area (Å²) in [6, 6.07) is 9.74. The number of nitrogens with zero attached hydrogens (tertiary/aromatic N) is 2. The molecule has 0 bridgehead atoms. The van der Waals surface area contributed by atoms with Gasteiger partial charge in [0, 0.05) is 59.2 Å². The van der Waals surface area contributed by atoms with Crippen LogP contribution >= 0.6 is 0 Å². The number of pyridine rings is 1.